The first-order valence-electron chi connectivity index (χ1n) is 8.17. The summed E-state index contributed by atoms with van der Waals surface area (Å²) in [7, 11) is 0. The normalized spacial score (nSPS) is 29.5. The van der Waals surface area contributed by atoms with Gasteiger partial charge in [-0.2, -0.15) is 0 Å². The van der Waals surface area contributed by atoms with Crippen molar-refractivity contribution < 1.29 is 0 Å². The van der Waals surface area contributed by atoms with E-state index in [1.165, 1.54) is 37.8 Å². The van der Waals surface area contributed by atoms with E-state index in [0.29, 0.717) is 12.1 Å². The fourth-order valence-electron chi connectivity index (χ4n) is 4.18. The van der Waals surface area contributed by atoms with Gasteiger partial charge in [-0.3, -0.25) is 4.40 Å². The molecule has 0 bridgehead atoms. The summed E-state index contributed by atoms with van der Waals surface area (Å²) >= 11 is 0. The van der Waals surface area contributed by atoms with Crippen molar-refractivity contribution in [1.82, 2.24) is 24.9 Å². The lowest BCUT2D eigenvalue weighted by atomic mass is 9.77. The van der Waals surface area contributed by atoms with Crippen LogP contribution in [0.15, 0.2) is 6.07 Å². The summed E-state index contributed by atoms with van der Waals surface area (Å²) in [6, 6.07) is 3.10. The fraction of sp³-hybridized carbons (Fsp3) is 0.688. The summed E-state index contributed by atoms with van der Waals surface area (Å²) < 4.78 is 2.12. The lowest BCUT2D eigenvalue weighted by molar-refractivity contribution is 0.173. The highest BCUT2D eigenvalue weighted by Gasteiger charge is 2.34. The Kier molecular flexibility index (Phi) is 3.17. The van der Waals surface area contributed by atoms with Crippen molar-refractivity contribution >= 4 is 5.78 Å². The molecule has 1 saturated heterocycles. The number of piperidine rings is 1. The number of hydrogen-bond acceptors (Lipinski definition) is 4. The highest BCUT2D eigenvalue weighted by atomic mass is 15.3. The van der Waals surface area contributed by atoms with Gasteiger partial charge in [0.2, 0.25) is 0 Å². The van der Waals surface area contributed by atoms with Gasteiger partial charge in [0.1, 0.15) is 0 Å². The molecular formula is C16H23N5. The summed E-state index contributed by atoms with van der Waals surface area (Å²) in [6.07, 6.45) is 7.95. The Hall–Kier alpha value is -1.49. The molecule has 1 saturated carbocycles. The highest BCUT2D eigenvalue weighted by Crippen LogP contribution is 2.36. The Labute approximate surface area is 125 Å². The maximum absolute atomic E-state index is 4.50. The summed E-state index contributed by atoms with van der Waals surface area (Å²) in [5.41, 5.74) is 2.17. The Morgan fingerprint density at radius 2 is 1.95 bits per heavy atom. The van der Waals surface area contributed by atoms with Gasteiger partial charge in [-0.05, 0) is 51.5 Å². The molecule has 3 atom stereocenters. The lowest BCUT2D eigenvalue weighted by Gasteiger charge is -2.40. The fourth-order valence-corrected chi connectivity index (χ4v) is 4.18. The van der Waals surface area contributed by atoms with Crippen LogP contribution in [-0.4, -0.2) is 25.6 Å². The molecule has 2 aromatic rings. The second-order valence-corrected chi connectivity index (χ2v) is 6.68. The van der Waals surface area contributed by atoms with E-state index in [2.05, 4.69) is 37.9 Å². The number of rotatable bonds is 1. The Morgan fingerprint density at radius 1 is 1.10 bits per heavy atom. The van der Waals surface area contributed by atoms with Gasteiger partial charge < -0.3 is 5.32 Å². The zero-order valence-electron chi connectivity index (χ0n) is 12.8. The molecule has 0 radical (unpaired) electrons. The smallest absolute Gasteiger partial charge is 0.255 e. The average Bonchev–Trinajstić information content (AvgIpc) is 2.90. The molecule has 2 aromatic heterocycles. The number of fused-ring (bicyclic) bond motifs is 2. The standard InChI is InChI=1S/C16H23N5/c1-10-9-11(2)21-15(19-20-16(21)17-10)14-8-7-12-5-3-4-6-13(12)18-14/h9,12-14,18H,3-8H2,1-2H3. The largest absolute Gasteiger partial charge is 0.304 e. The molecule has 3 unspecified atom stereocenters. The van der Waals surface area contributed by atoms with Crippen LogP contribution in [0.25, 0.3) is 5.78 Å². The van der Waals surface area contributed by atoms with Gasteiger partial charge in [0.05, 0.1) is 6.04 Å². The zero-order chi connectivity index (χ0) is 14.4. The van der Waals surface area contributed by atoms with Gasteiger partial charge in [-0.15, -0.1) is 10.2 Å². The maximum atomic E-state index is 4.50. The summed E-state index contributed by atoms with van der Waals surface area (Å²) in [5, 5.41) is 12.6. The quantitative estimate of drug-likeness (QED) is 0.875. The molecule has 0 aromatic carbocycles. The van der Waals surface area contributed by atoms with Crippen molar-refractivity contribution in [2.75, 3.05) is 0 Å². The first-order chi connectivity index (χ1) is 10.2. The van der Waals surface area contributed by atoms with E-state index >= 15 is 0 Å². The van der Waals surface area contributed by atoms with E-state index in [0.717, 1.165) is 29.6 Å². The van der Waals surface area contributed by atoms with Gasteiger partial charge in [-0.25, -0.2) is 4.98 Å². The number of aryl methyl sites for hydroxylation is 2. The van der Waals surface area contributed by atoms with E-state index in [1.807, 2.05) is 6.92 Å². The third-order valence-electron chi connectivity index (χ3n) is 5.18. The molecule has 1 aliphatic heterocycles. The minimum atomic E-state index is 0.322. The van der Waals surface area contributed by atoms with E-state index in [9.17, 15) is 0 Å². The molecule has 3 heterocycles. The maximum Gasteiger partial charge on any atom is 0.255 e. The third-order valence-corrected chi connectivity index (χ3v) is 5.18. The first kappa shape index (κ1) is 13.2. The van der Waals surface area contributed by atoms with Crippen molar-refractivity contribution in [1.29, 1.82) is 0 Å². The zero-order valence-corrected chi connectivity index (χ0v) is 12.8. The summed E-state index contributed by atoms with van der Waals surface area (Å²) in [5.74, 6) is 2.64. The minimum Gasteiger partial charge on any atom is -0.304 e. The predicted molar refractivity (Wildman–Crippen MR) is 81.1 cm³/mol. The van der Waals surface area contributed by atoms with Gasteiger partial charge >= 0.3 is 0 Å². The van der Waals surface area contributed by atoms with Crippen LogP contribution >= 0.6 is 0 Å². The van der Waals surface area contributed by atoms with Crippen LogP contribution in [0.3, 0.4) is 0 Å². The summed E-state index contributed by atoms with van der Waals surface area (Å²) in [4.78, 5) is 4.50. The lowest BCUT2D eigenvalue weighted by Crippen LogP contribution is -2.45. The number of hydrogen-bond donors (Lipinski definition) is 1. The predicted octanol–water partition coefficient (Wildman–Crippen LogP) is 2.72. The number of nitrogens with one attached hydrogen (secondary N) is 1. The molecule has 5 heteroatoms. The molecule has 2 fully saturated rings. The van der Waals surface area contributed by atoms with Crippen LogP contribution in [0, 0.1) is 19.8 Å². The van der Waals surface area contributed by atoms with Crippen molar-refractivity contribution in [3.8, 4) is 0 Å². The van der Waals surface area contributed by atoms with Crippen LogP contribution in [0.5, 0.6) is 0 Å². The molecule has 21 heavy (non-hydrogen) atoms. The monoisotopic (exact) mass is 285 g/mol. The van der Waals surface area contributed by atoms with Crippen LogP contribution in [0.1, 0.15) is 61.8 Å². The Morgan fingerprint density at radius 3 is 2.86 bits per heavy atom. The average molecular weight is 285 g/mol. The van der Waals surface area contributed by atoms with Gasteiger partial charge in [0, 0.05) is 17.4 Å². The first-order valence-corrected chi connectivity index (χ1v) is 8.17. The second-order valence-electron chi connectivity index (χ2n) is 6.68. The molecule has 112 valence electrons. The van der Waals surface area contributed by atoms with Crippen LogP contribution in [0.4, 0.5) is 0 Å². The van der Waals surface area contributed by atoms with Gasteiger partial charge in [-0.1, -0.05) is 12.8 Å². The van der Waals surface area contributed by atoms with E-state index in [4.69, 9.17) is 0 Å². The van der Waals surface area contributed by atoms with Crippen molar-refractivity contribution in [2.24, 2.45) is 5.92 Å². The van der Waals surface area contributed by atoms with Crippen molar-refractivity contribution in [3.05, 3.63) is 23.3 Å². The minimum absolute atomic E-state index is 0.322. The molecule has 2 aliphatic rings. The topological polar surface area (TPSA) is 55.1 Å². The van der Waals surface area contributed by atoms with Crippen LogP contribution in [-0.2, 0) is 0 Å². The molecule has 4 rings (SSSR count). The van der Waals surface area contributed by atoms with E-state index in [1.54, 1.807) is 0 Å². The van der Waals surface area contributed by atoms with Crippen molar-refractivity contribution in [2.45, 2.75) is 64.5 Å². The molecule has 1 aliphatic carbocycles. The third kappa shape index (κ3) is 2.24. The molecule has 0 spiro atoms. The molecule has 5 nitrogen and oxygen atoms in total. The number of nitrogens with zero attached hydrogens (tertiary/aromatic N) is 4. The second kappa shape index (κ2) is 5.05. The number of aromatic nitrogens is 4. The Balaban J connectivity index is 1.67. The van der Waals surface area contributed by atoms with E-state index < -0.39 is 0 Å². The van der Waals surface area contributed by atoms with Crippen molar-refractivity contribution in [3.63, 3.8) is 0 Å². The molecular weight excluding hydrogens is 262 g/mol. The summed E-state index contributed by atoms with van der Waals surface area (Å²) in [6.45, 7) is 4.12. The van der Waals surface area contributed by atoms with Crippen LogP contribution in [0.2, 0.25) is 0 Å². The Bertz CT molecular complexity index is 662. The van der Waals surface area contributed by atoms with Gasteiger partial charge in [0.15, 0.2) is 5.82 Å². The molecule has 0 amide bonds. The molecule has 1 N–H and O–H groups in total. The highest BCUT2D eigenvalue weighted by molar-refractivity contribution is 5.33. The van der Waals surface area contributed by atoms with Gasteiger partial charge in [0.25, 0.3) is 5.78 Å². The SMILES string of the molecule is Cc1cc(C)n2c(C3CCC4CCCCC4N3)nnc2n1. The van der Waals surface area contributed by atoms with E-state index in [-0.39, 0.29) is 0 Å². The van der Waals surface area contributed by atoms with Crippen LogP contribution < -0.4 is 5.32 Å².